The number of benzene rings is 2. The van der Waals surface area contributed by atoms with E-state index < -0.39 is 35.6 Å². The molecule has 0 spiro atoms. The third-order valence-corrected chi connectivity index (χ3v) is 7.88. The van der Waals surface area contributed by atoms with Crippen LogP contribution in [0.25, 0.3) is 11.5 Å². The van der Waals surface area contributed by atoms with Crippen LogP contribution in [0.1, 0.15) is 13.8 Å². The van der Waals surface area contributed by atoms with Crippen molar-refractivity contribution in [1.29, 1.82) is 0 Å². The van der Waals surface area contributed by atoms with Crippen molar-refractivity contribution in [2.45, 2.75) is 28.9 Å². The van der Waals surface area contributed by atoms with Crippen LogP contribution in [0.2, 0.25) is 5.02 Å². The lowest BCUT2D eigenvalue weighted by molar-refractivity contribution is 0.442. The fraction of sp³-hybridized carbons (Fsp3) is 0.211. The van der Waals surface area contributed by atoms with Gasteiger partial charge in [-0.15, -0.1) is 0 Å². The van der Waals surface area contributed by atoms with Gasteiger partial charge in [0, 0.05) is 10.6 Å². The molecule has 0 unspecified atom stereocenters. The number of halogens is 2. The molecule has 0 saturated carbocycles. The van der Waals surface area contributed by atoms with E-state index in [9.17, 15) is 21.2 Å². The largest absolute Gasteiger partial charge is 0.423 e. The van der Waals surface area contributed by atoms with Crippen molar-refractivity contribution in [3.63, 3.8) is 0 Å². The number of aromatic nitrogens is 1. The van der Waals surface area contributed by atoms with Gasteiger partial charge in [-0.05, 0) is 54.4 Å². The van der Waals surface area contributed by atoms with Crippen molar-refractivity contribution >= 4 is 31.3 Å². The topological polar surface area (TPSA) is 94.3 Å². The van der Waals surface area contributed by atoms with Gasteiger partial charge in [0.1, 0.15) is 5.82 Å². The lowest BCUT2D eigenvalue weighted by atomic mass is 10.2. The third-order valence-electron chi connectivity index (χ3n) is 3.87. The normalized spacial score (nSPS) is 12.4. The Bertz CT molecular complexity index is 1230. The minimum Gasteiger partial charge on any atom is -0.423 e. The molecule has 0 N–H and O–H groups in total. The number of oxazole rings is 1. The van der Waals surface area contributed by atoms with Crippen molar-refractivity contribution in [3.8, 4) is 11.5 Å². The standard InChI is InChI=1S/C19H17ClFNO5S2/c1-12(2)11-28(23,24)19-18(29(25,26)16-9-5-14(20)6-10-16)22-17(27-19)13-3-7-15(21)8-4-13/h3-10,12H,11H2,1-2H3. The van der Waals surface area contributed by atoms with Crippen LogP contribution in [0.3, 0.4) is 0 Å². The summed E-state index contributed by atoms with van der Waals surface area (Å²) in [7, 11) is -8.41. The molecule has 0 saturated heterocycles. The molecular formula is C19H17ClFNO5S2. The van der Waals surface area contributed by atoms with Crippen LogP contribution in [0.15, 0.2) is 68.0 Å². The van der Waals surface area contributed by atoms with Gasteiger partial charge in [0.15, 0.2) is 0 Å². The molecule has 3 rings (SSSR count). The fourth-order valence-electron chi connectivity index (χ4n) is 2.61. The van der Waals surface area contributed by atoms with Crippen molar-refractivity contribution in [2.75, 3.05) is 5.75 Å². The summed E-state index contributed by atoms with van der Waals surface area (Å²) in [6.07, 6.45) is 0. The van der Waals surface area contributed by atoms with E-state index in [0.29, 0.717) is 5.02 Å². The summed E-state index contributed by atoms with van der Waals surface area (Å²) in [4.78, 5) is 3.79. The monoisotopic (exact) mass is 457 g/mol. The van der Waals surface area contributed by atoms with Crippen molar-refractivity contribution in [3.05, 3.63) is 59.4 Å². The molecule has 6 nitrogen and oxygen atoms in total. The highest BCUT2D eigenvalue weighted by Gasteiger charge is 2.35. The molecule has 0 atom stereocenters. The molecule has 1 heterocycles. The molecule has 2 aromatic carbocycles. The summed E-state index contributed by atoms with van der Waals surface area (Å²) < 4.78 is 70.5. The Balaban J connectivity index is 2.23. The molecule has 0 aliphatic rings. The summed E-state index contributed by atoms with van der Waals surface area (Å²) in [6, 6.07) is 10.2. The Morgan fingerprint density at radius 3 is 2.14 bits per heavy atom. The van der Waals surface area contributed by atoms with Gasteiger partial charge in [0.2, 0.25) is 30.6 Å². The lowest BCUT2D eigenvalue weighted by Crippen LogP contribution is -2.15. The highest BCUT2D eigenvalue weighted by molar-refractivity contribution is 7.94. The van der Waals surface area contributed by atoms with Gasteiger partial charge in [-0.2, -0.15) is 4.98 Å². The van der Waals surface area contributed by atoms with Gasteiger partial charge >= 0.3 is 0 Å². The second-order valence-corrected chi connectivity index (χ2v) is 11.0. The van der Waals surface area contributed by atoms with Crippen LogP contribution in [-0.4, -0.2) is 27.6 Å². The molecule has 29 heavy (non-hydrogen) atoms. The molecule has 10 heteroatoms. The second-order valence-electron chi connectivity index (χ2n) is 6.75. The third kappa shape index (κ3) is 4.52. The number of nitrogens with zero attached hydrogens (tertiary/aromatic N) is 1. The summed E-state index contributed by atoms with van der Waals surface area (Å²) >= 11 is 5.81. The molecule has 0 bridgehead atoms. The molecule has 0 radical (unpaired) electrons. The second kappa shape index (κ2) is 7.89. The quantitative estimate of drug-likeness (QED) is 0.544. The zero-order valence-corrected chi connectivity index (χ0v) is 17.9. The molecule has 3 aromatic rings. The molecule has 0 amide bonds. The first-order chi connectivity index (χ1) is 13.5. The van der Waals surface area contributed by atoms with Crippen LogP contribution in [0, 0.1) is 11.7 Å². The Morgan fingerprint density at radius 1 is 1.00 bits per heavy atom. The average Bonchev–Trinajstić information content (AvgIpc) is 3.09. The van der Waals surface area contributed by atoms with Crippen LogP contribution < -0.4 is 0 Å². The number of rotatable bonds is 6. The highest BCUT2D eigenvalue weighted by atomic mass is 35.5. The lowest BCUT2D eigenvalue weighted by Gasteiger charge is -2.06. The first-order valence-corrected chi connectivity index (χ1v) is 12.0. The van der Waals surface area contributed by atoms with Gasteiger partial charge in [-0.1, -0.05) is 25.4 Å². The molecular weight excluding hydrogens is 441 g/mol. The van der Waals surface area contributed by atoms with Gasteiger partial charge < -0.3 is 4.42 Å². The van der Waals surface area contributed by atoms with E-state index in [2.05, 4.69) is 4.98 Å². The number of sulfone groups is 2. The van der Waals surface area contributed by atoms with E-state index in [1.165, 1.54) is 36.4 Å². The van der Waals surface area contributed by atoms with E-state index in [4.69, 9.17) is 16.0 Å². The summed E-state index contributed by atoms with van der Waals surface area (Å²) in [5, 5.41) is -1.12. The zero-order valence-electron chi connectivity index (χ0n) is 15.5. The molecule has 0 fully saturated rings. The first-order valence-electron chi connectivity index (χ1n) is 8.51. The van der Waals surface area contributed by atoms with E-state index in [-0.39, 0.29) is 28.0 Å². The van der Waals surface area contributed by atoms with Crippen molar-refractivity contribution in [2.24, 2.45) is 5.92 Å². The summed E-state index contributed by atoms with van der Waals surface area (Å²) in [5.41, 5.74) is 0.241. The number of hydrogen-bond donors (Lipinski definition) is 0. The minimum absolute atomic E-state index is 0.179. The predicted octanol–water partition coefficient (Wildman–Crippen LogP) is 4.40. The van der Waals surface area contributed by atoms with Crippen LogP contribution in [0.4, 0.5) is 4.39 Å². The molecule has 1 aromatic heterocycles. The Hall–Kier alpha value is -2.23. The van der Waals surface area contributed by atoms with Gasteiger partial charge in [-0.25, -0.2) is 21.2 Å². The molecule has 0 aliphatic heterocycles. The molecule has 0 aliphatic carbocycles. The zero-order chi connectivity index (χ0) is 21.4. The maximum absolute atomic E-state index is 13.2. The van der Waals surface area contributed by atoms with E-state index in [0.717, 1.165) is 12.1 Å². The average molecular weight is 458 g/mol. The number of hydrogen-bond acceptors (Lipinski definition) is 6. The van der Waals surface area contributed by atoms with Crippen molar-refractivity contribution in [1.82, 2.24) is 4.98 Å². The van der Waals surface area contributed by atoms with E-state index >= 15 is 0 Å². The van der Waals surface area contributed by atoms with Crippen LogP contribution >= 0.6 is 11.6 Å². The van der Waals surface area contributed by atoms with Gasteiger partial charge in [-0.3, -0.25) is 0 Å². The van der Waals surface area contributed by atoms with E-state index in [1.54, 1.807) is 13.8 Å². The van der Waals surface area contributed by atoms with Crippen molar-refractivity contribution < 1.29 is 25.6 Å². The Morgan fingerprint density at radius 2 is 1.59 bits per heavy atom. The predicted molar refractivity (Wildman–Crippen MR) is 106 cm³/mol. The van der Waals surface area contributed by atoms with Gasteiger partial charge in [0.05, 0.1) is 10.6 Å². The Labute approximate surface area is 173 Å². The first kappa shape index (κ1) is 21.5. The van der Waals surface area contributed by atoms with Crippen LogP contribution in [0.5, 0.6) is 0 Å². The highest BCUT2D eigenvalue weighted by Crippen LogP contribution is 2.33. The fourth-order valence-corrected chi connectivity index (χ4v) is 6.18. The van der Waals surface area contributed by atoms with E-state index in [1.807, 2.05) is 0 Å². The SMILES string of the molecule is CC(C)CS(=O)(=O)c1oc(-c2ccc(F)cc2)nc1S(=O)(=O)c1ccc(Cl)cc1. The smallest absolute Gasteiger partial charge is 0.258 e. The van der Waals surface area contributed by atoms with Gasteiger partial charge in [0.25, 0.3) is 5.09 Å². The Kier molecular flexibility index (Phi) is 5.84. The minimum atomic E-state index is -4.32. The van der Waals surface area contributed by atoms with Crippen LogP contribution in [-0.2, 0) is 19.7 Å². The maximum Gasteiger partial charge on any atom is 0.258 e. The summed E-state index contributed by atoms with van der Waals surface area (Å²) in [5.74, 6) is -1.35. The maximum atomic E-state index is 13.2. The summed E-state index contributed by atoms with van der Waals surface area (Å²) in [6.45, 7) is 3.37. The molecule has 154 valence electrons.